The largest absolute Gasteiger partial charge is 0.375 e. The van der Waals surface area contributed by atoms with Crippen molar-refractivity contribution in [2.45, 2.75) is 18.9 Å². The van der Waals surface area contributed by atoms with Crippen LogP contribution in [-0.2, 0) is 19.4 Å². The Bertz CT molecular complexity index is 503. The quantitative estimate of drug-likeness (QED) is 0.706. The molecule has 3 rings (SSSR count). The van der Waals surface area contributed by atoms with E-state index in [1.54, 1.807) is 4.90 Å². The van der Waals surface area contributed by atoms with Crippen molar-refractivity contribution in [3.05, 3.63) is 0 Å². The van der Waals surface area contributed by atoms with Crippen LogP contribution in [0.25, 0.3) is 0 Å². The van der Waals surface area contributed by atoms with E-state index in [0.29, 0.717) is 25.6 Å². The van der Waals surface area contributed by atoms with Gasteiger partial charge in [0, 0.05) is 44.9 Å². The molecule has 2 saturated heterocycles. The number of hydrogen-bond donors (Lipinski definition) is 0. The van der Waals surface area contributed by atoms with Crippen molar-refractivity contribution in [3.8, 4) is 0 Å². The molecule has 0 radical (unpaired) electrons. The zero-order chi connectivity index (χ0) is 15.0. The molecule has 120 valence electrons. The minimum atomic E-state index is -3.26. The Labute approximate surface area is 126 Å². The molecule has 7 heteroatoms. The summed E-state index contributed by atoms with van der Waals surface area (Å²) in [4.78, 5) is 16.2. The lowest BCUT2D eigenvalue weighted by Crippen LogP contribution is -2.36. The highest BCUT2D eigenvalue weighted by molar-refractivity contribution is 7.91. The van der Waals surface area contributed by atoms with Gasteiger partial charge >= 0.3 is 0 Å². The maximum absolute atomic E-state index is 12.0. The minimum absolute atomic E-state index is 0.0673. The molecule has 1 saturated carbocycles. The van der Waals surface area contributed by atoms with Gasteiger partial charge in [-0.05, 0) is 18.8 Å². The molecular weight excluding hydrogens is 292 g/mol. The molecule has 0 spiro atoms. The van der Waals surface area contributed by atoms with Crippen molar-refractivity contribution in [1.29, 1.82) is 0 Å². The van der Waals surface area contributed by atoms with Crippen molar-refractivity contribution in [1.82, 2.24) is 9.80 Å². The van der Waals surface area contributed by atoms with Crippen LogP contribution in [0.1, 0.15) is 12.8 Å². The van der Waals surface area contributed by atoms with Gasteiger partial charge in [0.15, 0.2) is 9.84 Å². The van der Waals surface area contributed by atoms with E-state index in [-0.39, 0.29) is 12.0 Å². The predicted molar refractivity (Wildman–Crippen MR) is 78.7 cm³/mol. The van der Waals surface area contributed by atoms with Crippen LogP contribution in [0.2, 0.25) is 0 Å². The third-order valence-electron chi connectivity index (χ3n) is 4.56. The summed E-state index contributed by atoms with van der Waals surface area (Å²) < 4.78 is 28.4. The number of ether oxygens (including phenoxy) is 1. The second kappa shape index (κ2) is 5.85. The van der Waals surface area contributed by atoms with E-state index in [2.05, 4.69) is 4.90 Å². The zero-order valence-electron chi connectivity index (χ0n) is 12.5. The molecule has 1 amide bonds. The fourth-order valence-electron chi connectivity index (χ4n) is 3.31. The summed E-state index contributed by atoms with van der Waals surface area (Å²) in [5, 5.41) is 0. The first-order chi connectivity index (χ1) is 9.90. The van der Waals surface area contributed by atoms with Crippen LogP contribution in [-0.4, -0.2) is 81.6 Å². The fourth-order valence-corrected chi connectivity index (χ4v) is 3.94. The minimum Gasteiger partial charge on any atom is -0.375 e. The molecule has 2 heterocycles. The van der Waals surface area contributed by atoms with Crippen molar-refractivity contribution >= 4 is 15.7 Å². The first-order valence-electron chi connectivity index (χ1n) is 7.70. The van der Waals surface area contributed by atoms with Gasteiger partial charge in [0.1, 0.15) is 5.75 Å². The second-order valence-corrected chi connectivity index (χ2v) is 8.88. The SMILES string of the molecule is CS(=O)(=O)CC(=O)N1C[C@H]2CN(CC3CC3)CCO[C@H]2C1. The third-order valence-corrected chi connectivity index (χ3v) is 5.34. The Hall–Kier alpha value is -0.660. The molecule has 0 aromatic carbocycles. The standard InChI is InChI=1S/C14H24N2O4S/c1-21(18,19)10-14(17)16-8-12-7-15(6-11-2-3-11)4-5-20-13(12)9-16/h11-13H,2-10H2,1H3/t12-,13+/m1/s1. The molecule has 3 fully saturated rings. The molecule has 2 aliphatic heterocycles. The van der Waals surface area contributed by atoms with Gasteiger partial charge in [0.05, 0.1) is 12.7 Å². The molecule has 0 bridgehead atoms. The van der Waals surface area contributed by atoms with E-state index in [0.717, 1.165) is 31.8 Å². The third kappa shape index (κ3) is 4.17. The molecular formula is C14H24N2O4S. The van der Waals surface area contributed by atoms with Gasteiger partial charge < -0.3 is 14.5 Å². The van der Waals surface area contributed by atoms with E-state index < -0.39 is 15.6 Å². The lowest BCUT2D eigenvalue weighted by Gasteiger charge is -2.23. The smallest absolute Gasteiger partial charge is 0.237 e. The van der Waals surface area contributed by atoms with Crippen molar-refractivity contribution < 1.29 is 17.9 Å². The van der Waals surface area contributed by atoms with E-state index in [1.807, 2.05) is 0 Å². The molecule has 1 aliphatic carbocycles. The van der Waals surface area contributed by atoms with Crippen LogP contribution in [0.3, 0.4) is 0 Å². The molecule has 2 atom stereocenters. The van der Waals surface area contributed by atoms with Crippen LogP contribution in [0.15, 0.2) is 0 Å². The summed E-state index contributed by atoms with van der Waals surface area (Å²) in [7, 11) is -3.26. The average molecular weight is 316 g/mol. The molecule has 6 nitrogen and oxygen atoms in total. The number of likely N-dealkylation sites (tertiary alicyclic amines) is 1. The van der Waals surface area contributed by atoms with Crippen molar-refractivity contribution in [3.63, 3.8) is 0 Å². The van der Waals surface area contributed by atoms with E-state index in [1.165, 1.54) is 12.8 Å². The van der Waals surface area contributed by atoms with Crippen molar-refractivity contribution in [2.24, 2.45) is 11.8 Å². The van der Waals surface area contributed by atoms with E-state index in [9.17, 15) is 13.2 Å². The first-order valence-corrected chi connectivity index (χ1v) is 9.76. The highest BCUT2D eigenvalue weighted by Crippen LogP contribution is 2.31. The number of fused-ring (bicyclic) bond motifs is 1. The number of sulfone groups is 1. The van der Waals surface area contributed by atoms with E-state index in [4.69, 9.17) is 4.74 Å². The summed E-state index contributed by atoms with van der Waals surface area (Å²) in [5.74, 6) is 0.488. The molecule has 0 N–H and O–H groups in total. The van der Waals surface area contributed by atoms with Crippen LogP contribution in [0, 0.1) is 11.8 Å². The summed E-state index contributed by atoms with van der Waals surface area (Å²) in [6.07, 6.45) is 3.85. The normalized spacial score (nSPS) is 31.0. The Morgan fingerprint density at radius 1 is 1.24 bits per heavy atom. The van der Waals surface area contributed by atoms with Gasteiger partial charge in [-0.15, -0.1) is 0 Å². The van der Waals surface area contributed by atoms with E-state index >= 15 is 0 Å². The summed E-state index contributed by atoms with van der Waals surface area (Å²) in [6, 6.07) is 0. The van der Waals surface area contributed by atoms with Gasteiger partial charge in [-0.2, -0.15) is 0 Å². The average Bonchev–Trinajstić information content (AvgIpc) is 3.12. The lowest BCUT2D eigenvalue weighted by atomic mass is 10.1. The number of carbonyl (C=O) groups is 1. The predicted octanol–water partition coefficient (Wildman–Crippen LogP) is -0.400. The topological polar surface area (TPSA) is 66.9 Å². The zero-order valence-corrected chi connectivity index (χ0v) is 13.3. The number of hydrogen-bond acceptors (Lipinski definition) is 5. The fraction of sp³-hybridized carbons (Fsp3) is 0.929. The monoisotopic (exact) mass is 316 g/mol. The van der Waals surface area contributed by atoms with Gasteiger partial charge in [0.2, 0.25) is 5.91 Å². The molecule has 0 unspecified atom stereocenters. The number of nitrogens with zero attached hydrogens (tertiary/aromatic N) is 2. The lowest BCUT2D eigenvalue weighted by molar-refractivity contribution is -0.128. The van der Waals surface area contributed by atoms with Crippen LogP contribution in [0.4, 0.5) is 0 Å². The Morgan fingerprint density at radius 3 is 2.67 bits per heavy atom. The molecule has 21 heavy (non-hydrogen) atoms. The molecule has 0 aromatic heterocycles. The summed E-state index contributed by atoms with van der Waals surface area (Å²) in [5.41, 5.74) is 0. The van der Waals surface area contributed by atoms with Crippen molar-refractivity contribution in [2.75, 3.05) is 51.3 Å². The maximum atomic E-state index is 12.0. The van der Waals surface area contributed by atoms with Gasteiger partial charge in [-0.25, -0.2) is 8.42 Å². The summed E-state index contributed by atoms with van der Waals surface area (Å²) >= 11 is 0. The Morgan fingerprint density at radius 2 is 2.00 bits per heavy atom. The first kappa shape index (κ1) is 15.2. The number of rotatable bonds is 4. The highest BCUT2D eigenvalue weighted by Gasteiger charge is 2.39. The number of amides is 1. The van der Waals surface area contributed by atoms with Gasteiger partial charge in [-0.1, -0.05) is 0 Å². The van der Waals surface area contributed by atoms with Crippen LogP contribution >= 0.6 is 0 Å². The maximum Gasteiger partial charge on any atom is 0.237 e. The summed E-state index contributed by atoms with van der Waals surface area (Å²) in [6.45, 7) is 4.95. The molecule has 0 aromatic rings. The number of carbonyl (C=O) groups excluding carboxylic acids is 1. The van der Waals surface area contributed by atoms with Crippen LogP contribution in [0.5, 0.6) is 0 Å². The van der Waals surface area contributed by atoms with Crippen LogP contribution < -0.4 is 0 Å². The highest BCUT2D eigenvalue weighted by atomic mass is 32.2. The van der Waals surface area contributed by atoms with Gasteiger partial charge in [-0.3, -0.25) is 4.79 Å². The second-order valence-electron chi connectivity index (χ2n) is 6.74. The Balaban J connectivity index is 1.57. The van der Waals surface area contributed by atoms with Gasteiger partial charge in [0.25, 0.3) is 0 Å². The molecule has 3 aliphatic rings. The Kier molecular flexibility index (Phi) is 4.25.